The molecule has 0 saturated heterocycles. The second-order valence-electron chi connectivity index (χ2n) is 6.24. The summed E-state index contributed by atoms with van der Waals surface area (Å²) in [5.74, 6) is -0.126. The van der Waals surface area contributed by atoms with Crippen LogP contribution in [0.5, 0.6) is 0 Å². The zero-order chi connectivity index (χ0) is 16.4. The third-order valence-corrected chi connectivity index (χ3v) is 5.40. The van der Waals surface area contributed by atoms with E-state index < -0.39 is 6.10 Å². The van der Waals surface area contributed by atoms with Crippen molar-refractivity contribution in [3.05, 3.63) is 28.9 Å². The van der Waals surface area contributed by atoms with E-state index in [-0.39, 0.29) is 17.8 Å². The van der Waals surface area contributed by atoms with Crippen LogP contribution in [0.25, 0.3) is 10.9 Å². The molecule has 124 valence electrons. The number of rotatable bonds is 4. The van der Waals surface area contributed by atoms with Gasteiger partial charge in [-0.1, -0.05) is 28.4 Å². The lowest BCUT2D eigenvalue weighted by molar-refractivity contribution is -0.147. The predicted molar refractivity (Wildman–Crippen MR) is 90.9 cm³/mol. The smallest absolute Gasteiger partial charge is 0.308 e. The van der Waals surface area contributed by atoms with Crippen LogP contribution in [0.2, 0.25) is 0 Å². The fourth-order valence-electron chi connectivity index (χ4n) is 3.45. The molecule has 3 atom stereocenters. The van der Waals surface area contributed by atoms with E-state index in [0.29, 0.717) is 13.0 Å². The maximum Gasteiger partial charge on any atom is 0.308 e. The van der Waals surface area contributed by atoms with E-state index in [4.69, 9.17) is 4.74 Å². The maximum atomic E-state index is 11.7. The minimum atomic E-state index is -0.504. The van der Waals surface area contributed by atoms with Crippen molar-refractivity contribution in [2.24, 2.45) is 11.8 Å². The van der Waals surface area contributed by atoms with Gasteiger partial charge in [0.05, 0.1) is 31.2 Å². The van der Waals surface area contributed by atoms with Gasteiger partial charge >= 0.3 is 5.97 Å². The molecule has 1 aromatic heterocycles. The normalized spacial score (nSPS) is 22.9. The standard InChI is InChI=1S/C17H21BrN2O3/c1-23-17(22)12-5-2-4-11(8-12)16(21)10-20-9-13-14(18)6-3-7-15(13)19-20/h3,6-7,9,11-12,16,21H,2,4-5,8,10H2,1H3. The summed E-state index contributed by atoms with van der Waals surface area (Å²) >= 11 is 3.52. The van der Waals surface area contributed by atoms with Crippen LogP contribution in [0.4, 0.5) is 0 Å². The number of carbonyl (C=O) groups is 1. The van der Waals surface area contributed by atoms with Crippen LogP contribution in [-0.4, -0.2) is 34.1 Å². The molecule has 1 N–H and O–H groups in total. The average Bonchev–Trinajstić information content (AvgIpc) is 2.98. The molecule has 0 spiro atoms. The number of aromatic nitrogens is 2. The molecular weight excluding hydrogens is 360 g/mol. The lowest BCUT2D eigenvalue weighted by Gasteiger charge is -2.30. The summed E-state index contributed by atoms with van der Waals surface area (Å²) in [6.07, 6.45) is 4.89. The zero-order valence-corrected chi connectivity index (χ0v) is 14.7. The molecule has 5 nitrogen and oxygen atoms in total. The van der Waals surface area contributed by atoms with Crippen LogP contribution in [0, 0.1) is 11.8 Å². The number of aliphatic hydroxyl groups is 1. The van der Waals surface area contributed by atoms with Gasteiger partial charge < -0.3 is 9.84 Å². The van der Waals surface area contributed by atoms with Crippen LogP contribution in [-0.2, 0) is 16.1 Å². The SMILES string of the molecule is COC(=O)C1CCCC(C(O)Cn2cc3c(Br)cccc3n2)C1. The summed E-state index contributed by atoms with van der Waals surface area (Å²) < 4.78 is 7.64. The highest BCUT2D eigenvalue weighted by molar-refractivity contribution is 9.10. The van der Waals surface area contributed by atoms with Crippen molar-refractivity contribution in [3.8, 4) is 0 Å². The fraction of sp³-hybridized carbons (Fsp3) is 0.529. The molecule has 2 aromatic rings. The molecule has 0 bridgehead atoms. The Hall–Kier alpha value is -1.40. The first-order valence-electron chi connectivity index (χ1n) is 7.96. The van der Waals surface area contributed by atoms with E-state index >= 15 is 0 Å². The number of carbonyl (C=O) groups excluding carboxylic acids is 1. The van der Waals surface area contributed by atoms with Crippen LogP contribution < -0.4 is 0 Å². The van der Waals surface area contributed by atoms with E-state index in [2.05, 4.69) is 21.0 Å². The molecule has 1 aliphatic rings. The van der Waals surface area contributed by atoms with Crippen LogP contribution in [0.1, 0.15) is 25.7 Å². The van der Waals surface area contributed by atoms with Crippen molar-refractivity contribution in [3.63, 3.8) is 0 Å². The second kappa shape index (κ2) is 7.01. The molecule has 0 radical (unpaired) electrons. The van der Waals surface area contributed by atoms with Crippen LogP contribution in [0.15, 0.2) is 28.9 Å². The molecule has 0 aliphatic heterocycles. The van der Waals surface area contributed by atoms with Gasteiger partial charge in [-0.05, 0) is 37.3 Å². The van der Waals surface area contributed by atoms with Gasteiger partial charge in [0.15, 0.2) is 0 Å². The molecule has 1 heterocycles. The van der Waals surface area contributed by atoms with Crippen molar-refractivity contribution >= 4 is 32.8 Å². The van der Waals surface area contributed by atoms with Gasteiger partial charge in [-0.3, -0.25) is 9.48 Å². The summed E-state index contributed by atoms with van der Waals surface area (Å²) in [7, 11) is 1.43. The van der Waals surface area contributed by atoms with Gasteiger partial charge in [-0.15, -0.1) is 0 Å². The highest BCUT2D eigenvalue weighted by atomic mass is 79.9. The van der Waals surface area contributed by atoms with Crippen molar-refractivity contribution in [2.75, 3.05) is 7.11 Å². The Morgan fingerprint density at radius 3 is 3.09 bits per heavy atom. The molecular formula is C17H21BrN2O3. The Kier molecular flexibility index (Phi) is 5.02. The molecule has 3 unspecified atom stereocenters. The summed E-state index contributed by atoms with van der Waals surface area (Å²) in [5.41, 5.74) is 0.905. The number of hydrogen-bond acceptors (Lipinski definition) is 4. The highest BCUT2D eigenvalue weighted by Crippen LogP contribution is 2.32. The topological polar surface area (TPSA) is 64.3 Å². The Morgan fingerprint density at radius 2 is 2.35 bits per heavy atom. The molecule has 6 heteroatoms. The van der Waals surface area contributed by atoms with E-state index in [1.54, 1.807) is 4.68 Å². The number of nitrogens with zero attached hydrogens (tertiary/aromatic N) is 2. The number of methoxy groups -OCH3 is 1. The Labute approximate surface area is 143 Å². The first-order chi connectivity index (χ1) is 11.1. The minimum Gasteiger partial charge on any atom is -0.469 e. The number of hydrogen-bond donors (Lipinski definition) is 1. The number of aliphatic hydroxyl groups excluding tert-OH is 1. The van der Waals surface area contributed by atoms with Gasteiger partial charge in [0.2, 0.25) is 0 Å². The lowest BCUT2D eigenvalue weighted by atomic mass is 9.78. The van der Waals surface area contributed by atoms with E-state index in [0.717, 1.165) is 34.6 Å². The molecule has 1 fully saturated rings. The Morgan fingerprint density at radius 1 is 1.52 bits per heavy atom. The second-order valence-corrected chi connectivity index (χ2v) is 7.09. The number of benzene rings is 1. The fourth-order valence-corrected chi connectivity index (χ4v) is 3.91. The van der Waals surface area contributed by atoms with E-state index in [1.165, 1.54) is 7.11 Å². The van der Waals surface area contributed by atoms with Crippen molar-refractivity contribution < 1.29 is 14.6 Å². The first-order valence-corrected chi connectivity index (χ1v) is 8.75. The summed E-state index contributed by atoms with van der Waals surface area (Å²) in [6, 6.07) is 5.88. The maximum absolute atomic E-state index is 11.7. The zero-order valence-electron chi connectivity index (χ0n) is 13.1. The minimum absolute atomic E-state index is 0.0840. The van der Waals surface area contributed by atoms with Crippen molar-refractivity contribution in [1.29, 1.82) is 0 Å². The molecule has 1 saturated carbocycles. The molecule has 23 heavy (non-hydrogen) atoms. The monoisotopic (exact) mass is 380 g/mol. The van der Waals surface area contributed by atoms with Gasteiger partial charge in [-0.2, -0.15) is 5.10 Å². The number of halogens is 1. The van der Waals surface area contributed by atoms with Gasteiger partial charge in [0.1, 0.15) is 0 Å². The Balaban J connectivity index is 1.69. The molecule has 1 aromatic carbocycles. The van der Waals surface area contributed by atoms with Gasteiger partial charge in [0, 0.05) is 16.1 Å². The number of ether oxygens (including phenoxy) is 1. The summed E-state index contributed by atoms with van der Waals surface area (Å²) in [5, 5.41) is 16.1. The predicted octanol–water partition coefficient (Wildman–Crippen LogP) is 3.14. The Bertz CT molecular complexity index is 700. The number of fused-ring (bicyclic) bond motifs is 1. The quantitative estimate of drug-likeness (QED) is 0.827. The van der Waals surface area contributed by atoms with Crippen LogP contribution in [0.3, 0.4) is 0 Å². The first kappa shape index (κ1) is 16.5. The van der Waals surface area contributed by atoms with Crippen LogP contribution >= 0.6 is 15.9 Å². The van der Waals surface area contributed by atoms with Crippen molar-refractivity contribution in [1.82, 2.24) is 9.78 Å². The summed E-state index contributed by atoms with van der Waals surface area (Å²) in [4.78, 5) is 11.7. The third-order valence-electron chi connectivity index (χ3n) is 4.71. The lowest BCUT2D eigenvalue weighted by Crippen LogP contribution is -2.33. The number of esters is 1. The van der Waals surface area contributed by atoms with E-state index in [9.17, 15) is 9.90 Å². The third kappa shape index (κ3) is 3.58. The molecule has 3 rings (SSSR count). The van der Waals surface area contributed by atoms with Gasteiger partial charge in [0.25, 0.3) is 0 Å². The highest BCUT2D eigenvalue weighted by Gasteiger charge is 2.31. The molecule has 0 amide bonds. The largest absolute Gasteiger partial charge is 0.469 e. The molecule has 1 aliphatic carbocycles. The summed E-state index contributed by atoms with van der Waals surface area (Å²) in [6.45, 7) is 0.444. The van der Waals surface area contributed by atoms with E-state index in [1.807, 2.05) is 24.4 Å². The van der Waals surface area contributed by atoms with Crippen molar-refractivity contribution in [2.45, 2.75) is 38.3 Å². The average molecular weight is 381 g/mol. The van der Waals surface area contributed by atoms with Gasteiger partial charge in [-0.25, -0.2) is 0 Å².